The molecule has 2 rings (SSSR count). The molecule has 0 heterocycles. The fourth-order valence-corrected chi connectivity index (χ4v) is 2.70. The number of benzene rings is 1. The molecule has 1 saturated carbocycles. The van der Waals surface area contributed by atoms with Crippen LogP contribution in [0.5, 0.6) is 5.75 Å². The molecular formula is C13H17NO5S. The van der Waals surface area contributed by atoms with Crippen molar-refractivity contribution >= 4 is 16.0 Å². The average molecular weight is 299 g/mol. The van der Waals surface area contributed by atoms with E-state index in [1.54, 1.807) is 0 Å². The smallest absolute Gasteiger partial charge is 0.339 e. The highest BCUT2D eigenvalue weighted by Crippen LogP contribution is 2.29. The Balaban J connectivity index is 2.28. The highest BCUT2D eigenvalue weighted by Gasteiger charge is 2.21. The molecule has 7 heteroatoms. The zero-order valence-electron chi connectivity index (χ0n) is 11.1. The van der Waals surface area contributed by atoms with Crippen molar-refractivity contribution in [3.63, 3.8) is 0 Å². The average Bonchev–Trinajstić information content (AvgIpc) is 2.36. The Bertz CT molecular complexity index is 607. The first-order chi connectivity index (χ1) is 9.44. The summed E-state index contributed by atoms with van der Waals surface area (Å²) in [6.07, 6.45) is 3.29. The maximum absolute atomic E-state index is 11.7. The number of aromatic carboxylic acids is 1. The molecule has 0 aromatic heterocycles. The Labute approximate surface area is 117 Å². The minimum atomic E-state index is -3.62. The van der Waals surface area contributed by atoms with E-state index in [1.165, 1.54) is 25.2 Å². The summed E-state index contributed by atoms with van der Waals surface area (Å²) in [6, 6.07) is 3.77. The fourth-order valence-electron chi connectivity index (χ4n) is 1.95. The first kappa shape index (κ1) is 14.8. The summed E-state index contributed by atoms with van der Waals surface area (Å²) < 4.78 is 31.2. The molecule has 1 aliphatic carbocycles. The second kappa shape index (κ2) is 5.80. The number of nitrogens with one attached hydrogen (secondary N) is 1. The Morgan fingerprint density at radius 2 is 2.15 bits per heavy atom. The molecule has 0 saturated heterocycles. The highest BCUT2D eigenvalue weighted by atomic mass is 32.2. The van der Waals surface area contributed by atoms with E-state index in [4.69, 9.17) is 9.84 Å². The van der Waals surface area contributed by atoms with E-state index in [0.717, 1.165) is 19.3 Å². The first-order valence-electron chi connectivity index (χ1n) is 6.37. The van der Waals surface area contributed by atoms with Gasteiger partial charge in [-0.2, -0.15) is 0 Å². The molecule has 0 radical (unpaired) electrons. The maximum Gasteiger partial charge on any atom is 0.339 e. The topological polar surface area (TPSA) is 92.7 Å². The Morgan fingerprint density at radius 1 is 1.45 bits per heavy atom. The standard InChI is InChI=1S/C13H17NO5S/c1-14-20(17,18)10-5-6-11(13(15)16)12(7-10)19-8-9-3-2-4-9/h5-7,9,14H,2-4,8H2,1H3,(H,15,16). The molecule has 0 unspecified atom stereocenters. The molecule has 110 valence electrons. The van der Waals surface area contributed by atoms with Gasteiger partial charge in [0.25, 0.3) is 0 Å². The normalized spacial score (nSPS) is 15.7. The molecule has 1 aromatic carbocycles. The Kier molecular flexibility index (Phi) is 4.29. The van der Waals surface area contributed by atoms with Gasteiger partial charge in [0.2, 0.25) is 10.0 Å². The van der Waals surface area contributed by atoms with E-state index in [1.807, 2.05) is 0 Å². The molecule has 2 N–H and O–H groups in total. The third kappa shape index (κ3) is 3.10. The third-order valence-corrected chi connectivity index (χ3v) is 4.87. The minimum Gasteiger partial charge on any atom is -0.492 e. The summed E-state index contributed by atoms with van der Waals surface area (Å²) >= 11 is 0. The number of hydrogen-bond acceptors (Lipinski definition) is 4. The van der Waals surface area contributed by atoms with Gasteiger partial charge < -0.3 is 9.84 Å². The molecular weight excluding hydrogens is 282 g/mol. The number of rotatable bonds is 6. The van der Waals surface area contributed by atoms with Crippen LogP contribution in [0, 0.1) is 5.92 Å². The van der Waals surface area contributed by atoms with Crippen LogP contribution in [0.15, 0.2) is 23.1 Å². The predicted octanol–water partition coefficient (Wildman–Crippen LogP) is 1.47. The zero-order valence-corrected chi connectivity index (χ0v) is 11.9. The van der Waals surface area contributed by atoms with Crippen LogP contribution in [-0.2, 0) is 10.0 Å². The zero-order chi connectivity index (χ0) is 14.8. The summed E-state index contributed by atoms with van der Waals surface area (Å²) in [7, 11) is -2.32. The fraction of sp³-hybridized carbons (Fsp3) is 0.462. The van der Waals surface area contributed by atoms with Crippen LogP contribution in [-0.4, -0.2) is 33.1 Å². The van der Waals surface area contributed by atoms with Crippen LogP contribution in [0.25, 0.3) is 0 Å². The Morgan fingerprint density at radius 3 is 2.65 bits per heavy atom. The van der Waals surface area contributed by atoms with Crippen molar-refractivity contribution in [2.45, 2.75) is 24.2 Å². The SMILES string of the molecule is CNS(=O)(=O)c1ccc(C(=O)O)c(OCC2CCC2)c1. The van der Waals surface area contributed by atoms with E-state index in [0.29, 0.717) is 12.5 Å². The highest BCUT2D eigenvalue weighted by molar-refractivity contribution is 7.89. The quantitative estimate of drug-likeness (QED) is 0.830. The van der Waals surface area contributed by atoms with Crippen LogP contribution in [0.1, 0.15) is 29.6 Å². The summed E-state index contributed by atoms with van der Waals surface area (Å²) in [5, 5.41) is 9.11. The molecule has 20 heavy (non-hydrogen) atoms. The van der Waals surface area contributed by atoms with Crippen LogP contribution >= 0.6 is 0 Å². The van der Waals surface area contributed by atoms with Crippen LogP contribution in [0.2, 0.25) is 0 Å². The minimum absolute atomic E-state index is 0.00592. The van der Waals surface area contributed by atoms with Crippen molar-refractivity contribution in [3.05, 3.63) is 23.8 Å². The van der Waals surface area contributed by atoms with E-state index in [2.05, 4.69) is 4.72 Å². The van der Waals surface area contributed by atoms with E-state index in [9.17, 15) is 13.2 Å². The first-order valence-corrected chi connectivity index (χ1v) is 7.86. The molecule has 1 aliphatic rings. The van der Waals surface area contributed by atoms with Gasteiger partial charge in [-0.1, -0.05) is 6.42 Å². The van der Waals surface area contributed by atoms with Gasteiger partial charge in [-0.05, 0) is 37.9 Å². The van der Waals surface area contributed by atoms with Crippen molar-refractivity contribution < 1.29 is 23.1 Å². The molecule has 0 amide bonds. The molecule has 0 atom stereocenters. The van der Waals surface area contributed by atoms with Crippen molar-refractivity contribution in [3.8, 4) is 5.75 Å². The number of ether oxygens (including phenoxy) is 1. The number of carboxylic acids is 1. The third-order valence-electron chi connectivity index (χ3n) is 3.46. The monoisotopic (exact) mass is 299 g/mol. The van der Waals surface area contributed by atoms with Gasteiger partial charge in [-0.3, -0.25) is 0 Å². The van der Waals surface area contributed by atoms with E-state index < -0.39 is 16.0 Å². The molecule has 6 nitrogen and oxygen atoms in total. The van der Waals surface area contributed by atoms with E-state index >= 15 is 0 Å². The number of sulfonamides is 1. The summed E-state index contributed by atoms with van der Waals surface area (Å²) in [5.41, 5.74) is -0.0284. The van der Waals surface area contributed by atoms with Gasteiger partial charge in [-0.25, -0.2) is 17.9 Å². The van der Waals surface area contributed by atoms with Gasteiger partial charge in [0.1, 0.15) is 11.3 Å². The summed E-state index contributed by atoms with van der Waals surface area (Å²) in [4.78, 5) is 11.1. The maximum atomic E-state index is 11.7. The van der Waals surface area contributed by atoms with Gasteiger partial charge in [-0.15, -0.1) is 0 Å². The summed E-state index contributed by atoms with van der Waals surface area (Å²) in [5.74, 6) is -0.607. The van der Waals surface area contributed by atoms with Gasteiger partial charge in [0.15, 0.2) is 0 Å². The van der Waals surface area contributed by atoms with Crippen molar-refractivity contribution in [2.75, 3.05) is 13.7 Å². The lowest BCUT2D eigenvalue weighted by Gasteiger charge is -2.25. The van der Waals surface area contributed by atoms with Crippen LogP contribution in [0.3, 0.4) is 0 Å². The number of carboxylic acid groups (broad SMARTS) is 1. The number of hydrogen-bond donors (Lipinski definition) is 2. The number of carbonyl (C=O) groups is 1. The second-order valence-electron chi connectivity index (χ2n) is 4.78. The lowest BCUT2D eigenvalue weighted by molar-refractivity contribution is 0.0689. The summed E-state index contributed by atoms with van der Waals surface area (Å²) in [6.45, 7) is 0.420. The molecule has 1 fully saturated rings. The predicted molar refractivity (Wildman–Crippen MR) is 72.5 cm³/mol. The molecule has 0 spiro atoms. The van der Waals surface area contributed by atoms with Crippen molar-refractivity contribution in [1.29, 1.82) is 0 Å². The lowest BCUT2D eigenvalue weighted by atomic mass is 9.86. The van der Waals surface area contributed by atoms with Gasteiger partial charge in [0.05, 0.1) is 11.5 Å². The largest absolute Gasteiger partial charge is 0.492 e. The van der Waals surface area contributed by atoms with Gasteiger partial charge >= 0.3 is 5.97 Å². The van der Waals surface area contributed by atoms with Crippen molar-refractivity contribution in [2.24, 2.45) is 5.92 Å². The lowest BCUT2D eigenvalue weighted by Crippen LogP contribution is -2.21. The molecule has 0 aliphatic heterocycles. The van der Waals surface area contributed by atoms with Crippen molar-refractivity contribution in [1.82, 2.24) is 4.72 Å². The molecule has 0 bridgehead atoms. The second-order valence-corrected chi connectivity index (χ2v) is 6.67. The van der Waals surface area contributed by atoms with Crippen LogP contribution < -0.4 is 9.46 Å². The van der Waals surface area contributed by atoms with Crippen LogP contribution in [0.4, 0.5) is 0 Å². The van der Waals surface area contributed by atoms with Gasteiger partial charge in [0, 0.05) is 6.07 Å². The van der Waals surface area contributed by atoms with E-state index in [-0.39, 0.29) is 16.2 Å². The Hall–Kier alpha value is -1.60. The molecule has 1 aromatic rings.